The molecule has 0 amide bonds. The molecule has 0 unspecified atom stereocenters. The van der Waals surface area contributed by atoms with E-state index in [0.717, 1.165) is 27.0 Å². The fraction of sp³-hybridized carbons (Fsp3) is 0.0588. The van der Waals surface area contributed by atoms with Gasteiger partial charge < -0.3 is 0 Å². The second kappa shape index (κ2) is 5.11. The molecule has 0 N–H and O–H groups in total. The van der Waals surface area contributed by atoms with Crippen molar-refractivity contribution in [3.8, 4) is 0 Å². The number of benzene rings is 2. The lowest BCUT2D eigenvalue weighted by Gasteiger charge is -2.23. The molecule has 0 fully saturated rings. The molecule has 3 rings (SSSR count). The standard InChI is InChI=1S/C17H11F3S/c1-2-5-12-13-6-3-4-7-15(13)21-16-9-8-11(10-14(12)16)17(18,19)20/h2-10H,1H2/b12-5-. The molecule has 0 saturated carbocycles. The summed E-state index contributed by atoms with van der Waals surface area (Å²) in [5.74, 6) is 0. The Balaban J connectivity index is 2.22. The van der Waals surface area contributed by atoms with Gasteiger partial charge in [-0.1, -0.05) is 48.7 Å². The van der Waals surface area contributed by atoms with Crippen LogP contribution in [0.15, 0.2) is 71.0 Å². The molecule has 0 aliphatic carbocycles. The van der Waals surface area contributed by atoms with E-state index in [2.05, 4.69) is 6.58 Å². The largest absolute Gasteiger partial charge is 0.416 e. The second-order valence-electron chi connectivity index (χ2n) is 4.62. The molecule has 4 heteroatoms. The minimum absolute atomic E-state index is 0.605. The summed E-state index contributed by atoms with van der Waals surface area (Å²) in [5.41, 5.74) is 1.69. The van der Waals surface area contributed by atoms with Gasteiger partial charge in [0.25, 0.3) is 0 Å². The number of hydrogen-bond donors (Lipinski definition) is 0. The molecule has 1 heterocycles. The van der Waals surface area contributed by atoms with Crippen molar-refractivity contribution < 1.29 is 13.2 Å². The van der Waals surface area contributed by atoms with Gasteiger partial charge in [0.2, 0.25) is 0 Å². The average molecular weight is 304 g/mol. The van der Waals surface area contributed by atoms with Gasteiger partial charge in [0.15, 0.2) is 0 Å². The van der Waals surface area contributed by atoms with Crippen molar-refractivity contribution in [3.63, 3.8) is 0 Å². The highest BCUT2D eigenvalue weighted by molar-refractivity contribution is 7.99. The molecular weight excluding hydrogens is 293 g/mol. The monoisotopic (exact) mass is 304 g/mol. The zero-order valence-corrected chi connectivity index (χ0v) is 11.8. The van der Waals surface area contributed by atoms with E-state index in [1.54, 1.807) is 12.2 Å². The Kier molecular flexibility index (Phi) is 3.41. The number of alkyl halides is 3. The van der Waals surface area contributed by atoms with Gasteiger partial charge in [-0.05, 0) is 41.0 Å². The molecule has 0 aromatic heterocycles. The first-order chi connectivity index (χ1) is 10.0. The summed E-state index contributed by atoms with van der Waals surface area (Å²) in [6.07, 6.45) is -0.973. The Bertz CT molecular complexity index is 742. The lowest BCUT2D eigenvalue weighted by Crippen LogP contribution is -2.07. The Hall–Kier alpha value is -1.94. The Labute approximate surface area is 125 Å². The fourth-order valence-electron chi connectivity index (χ4n) is 2.34. The summed E-state index contributed by atoms with van der Waals surface area (Å²) in [5, 5.41) is 0. The average Bonchev–Trinajstić information content (AvgIpc) is 2.45. The first-order valence-electron chi connectivity index (χ1n) is 6.32. The number of hydrogen-bond acceptors (Lipinski definition) is 1. The molecule has 0 nitrogen and oxygen atoms in total. The van der Waals surface area contributed by atoms with E-state index in [1.807, 2.05) is 24.3 Å². The van der Waals surface area contributed by atoms with Gasteiger partial charge in [-0.2, -0.15) is 13.2 Å². The third-order valence-electron chi connectivity index (χ3n) is 3.28. The number of fused-ring (bicyclic) bond motifs is 2. The zero-order chi connectivity index (χ0) is 15.0. The second-order valence-corrected chi connectivity index (χ2v) is 5.71. The van der Waals surface area contributed by atoms with Crippen LogP contribution >= 0.6 is 11.8 Å². The van der Waals surface area contributed by atoms with Crippen LogP contribution in [0.1, 0.15) is 16.7 Å². The maximum atomic E-state index is 12.9. The quantitative estimate of drug-likeness (QED) is 0.548. The third-order valence-corrected chi connectivity index (χ3v) is 4.43. The molecule has 0 spiro atoms. The van der Waals surface area contributed by atoms with Crippen molar-refractivity contribution in [2.24, 2.45) is 0 Å². The van der Waals surface area contributed by atoms with Crippen LogP contribution in [0.5, 0.6) is 0 Å². The number of rotatable bonds is 1. The van der Waals surface area contributed by atoms with Gasteiger partial charge in [-0.15, -0.1) is 0 Å². The predicted octanol–water partition coefficient (Wildman–Crippen LogP) is 5.79. The van der Waals surface area contributed by atoms with Crippen LogP contribution in [0.25, 0.3) is 5.57 Å². The number of halogens is 3. The molecule has 0 atom stereocenters. The summed E-state index contributed by atoms with van der Waals surface area (Å²) in [6.45, 7) is 3.67. The Morgan fingerprint density at radius 2 is 1.67 bits per heavy atom. The van der Waals surface area contributed by atoms with Crippen molar-refractivity contribution in [1.29, 1.82) is 0 Å². The van der Waals surface area contributed by atoms with Crippen molar-refractivity contribution in [3.05, 3.63) is 77.9 Å². The van der Waals surface area contributed by atoms with E-state index in [4.69, 9.17) is 0 Å². The lowest BCUT2D eigenvalue weighted by molar-refractivity contribution is -0.137. The first kappa shape index (κ1) is 14.0. The topological polar surface area (TPSA) is 0 Å². The SMILES string of the molecule is C=C/C=C1/c2ccccc2Sc2ccc(C(F)(F)F)cc21. The minimum Gasteiger partial charge on any atom is -0.166 e. The van der Waals surface area contributed by atoms with E-state index >= 15 is 0 Å². The van der Waals surface area contributed by atoms with E-state index in [1.165, 1.54) is 23.9 Å². The summed E-state index contributed by atoms with van der Waals surface area (Å²) in [6, 6.07) is 11.6. The van der Waals surface area contributed by atoms with Gasteiger partial charge in [0.05, 0.1) is 5.56 Å². The molecule has 2 aromatic carbocycles. The molecule has 2 aromatic rings. The van der Waals surface area contributed by atoms with Crippen LogP contribution in [-0.4, -0.2) is 0 Å². The summed E-state index contributed by atoms with van der Waals surface area (Å²) in [7, 11) is 0. The highest BCUT2D eigenvalue weighted by Crippen LogP contribution is 2.46. The van der Waals surface area contributed by atoms with Gasteiger partial charge in [-0.25, -0.2) is 0 Å². The maximum Gasteiger partial charge on any atom is 0.416 e. The van der Waals surface area contributed by atoms with E-state index in [0.29, 0.717) is 5.56 Å². The summed E-state index contributed by atoms with van der Waals surface area (Å²) < 4.78 is 38.8. The van der Waals surface area contributed by atoms with Gasteiger partial charge >= 0.3 is 6.18 Å². The highest BCUT2D eigenvalue weighted by Gasteiger charge is 2.32. The molecule has 0 bridgehead atoms. The minimum atomic E-state index is -4.34. The van der Waals surface area contributed by atoms with Crippen LogP contribution in [0, 0.1) is 0 Å². The lowest BCUT2D eigenvalue weighted by atomic mass is 9.95. The van der Waals surface area contributed by atoms with Crippen LogP contribution in [0.2, 0.25) is 0 Å². The molecule has 0 saturated heterocycles. The Morgan fingerprint density at radius 3 is 2.38 bits per heavy atom. The number of allylic oxidation sites excluding steroid dienone is 2. The van der Waals surface area contributed by atoms with Crippen molar-refractivity contribution >= 4 is 17.3 Å². The van der Waals surface area contributed by atoms with Crippen molar-refractivity contribution in [1.82, 2.24) is 0 Å². The first-order valence-corrected chi connectivity index (χ1v) is 7.14. The highest BCUT2D eigenvalue weighted by atomic mass is 32.2. The zero-order valence-electron chi connectivity index (χ0n) is 10.9. The molecular formula is C17H11F3S. The van der Waals surface area contributed by atoms with Gasteiger partial charge in [-0.3, -0.25) is 0 Å². The van der Waals surface area contributed by atoms with Gasteiger partial charge in [0.1, 0.15) is 0 Å². The van der Waals surface area contributed by atoms with Crippen LogP contribution in [0.4, 0.5) is 13.2 Å². The third kappa shape index (κ3) is 2.51. The van der Waals surface area contributed by atoms with Crippen LogP contribution < -0.4 is 0 Å². The molecule has 0 radical (unpaired) electrons. The molecule has 21 heavy (non-hydrogen) atoms. The van der Waals surface area contributed by atoms with E-state index < -0.39 is 11.7 Å². The van der Waals surface area contributed by atoms with Crippen LogP contribution in [-0.2, 0) is 6.18 Å². The van der Waals surface area contributed by atoms with Crippen LogP contribution in [0.3, 0.4) is 0 Å². The fourth-order valence-corrected chi connectivity index (χ4v) is 3.43. The Morgan fingerprint density at radius 1 is 0.952 bits per heavy atom. The molecule has 106 valence electrons. The van der Waals surface area contributed by atoms with E-state index in [9.17, 15) is 13.2 Å². The predicted molar refractivity (Wildman–Crippen MR) is 79.3 cm³/mol. The molecule has 1 aliphatic rings. The molecule has 1 aliphatic heterocycles. The summed E-state index contributed by atoms with van der Waals surface area (Å²) >= 11 is 1.49. The summed E-state index contributed by atoms with van der Waals surface area (Å²) in [4.78, 5) is 1.87. The normalized spacial score (nSPS) is 15.5. The maximum absolute atomic E-state index is 12.9. The van der Waals surface area contributed by atoms with Gasteiger partial charge in [0, 0.05) is 9.79 Å². The smallest absolute Gasteiger partial charge is 0.166 e. The van der Waals surface area contributed by atoms with Crippen molar-refractivity contribution in [2.45, 2.75) is 16.0 Å². The van der Waals surface area contributed by atoms with E-state index in [-0.39, 0.29) is 0 Å². The van der Waals surface area contributed by atoms with Crippen molar-refractivity contribution in [2.75, 3.05) is 0 Å².